The highest BCUT2D eigenvalue weighted by atomic mass is 14.7. The van der Waals surface area contributed by atoms with Crippen LogP contribution in [0.25, 0.3) is 0 Å². The molecule has 2 N–H and O–H groups in total. The van der Waals surface area contributed by atoms with Gasteiger partial charge in [0.25, 0.3) is 0 Å². The zero-order valence-corrected chi connectivity index (χ0v) is 7.35. The number of hydrogen-bond donors (Lipinski definition) is 1. The van der Waals surface area contributed by atoms with Gasteiger partial charge in [-0.2, -0.15) is 0 Å². The van der Waals surface area contributed by atoms with Crippen molar-refractivity contribution in [2.75, 3.05) is 0 Å². The molecule has 60 valence electrons. The van der Waals surface area contributed by atoms with Crippen molar-refractivity contribution in [1.29, 1.82) is 0 Å². The summed E-state index contributed by atoms with van der Waals surface area (Å²) >= 11 is 0. The zero-order valence-electron chi connectivity index (χ0n) is 7.35. The van der Waals surface area contributed by atoms with Gasteiger partial charge in [0.2, 0.25) is 0 Å². The monoisotopic (exact) mass is 141 g/mol. The Kier molecular flexibility index (Phi) is 4.37. The predicted molar refractivity (Wildman–Crippen MR) is 46.9 cm³/mol. The molecule has 0 aliphatic carbocycles. The number of nitrogens with two attached hydrogens (primary N) is 1. The first-order valence-electron chi connectivity index (χ1n) is 4.05. The summed E-state index contributed by atoms with van der Waals surface area (Å²) in [6, 6.07) is 0. The second kappa shape index (κ2) is 4.51. The average molecular weight is 141 g/mol. The van der Waals surface area contributed by atoms with Crippen LogP contribution in [0.1, 0.15) is 40.0 Å². The van der Waals surface area contributed by atoms with E-state index in [2.05, 4.69) is 19.9 Å². The molecule has 0 aliphatic heterocycles. The molecule has 0 rings (SSSR count). The fraction of sp³-hybridized carbons (Fsp3) is 0.778. The summed E-state index contributed by atoms with van der Waals surface area (Å²) < 4.78 is 0. The second-order valence-corrected chi connectivity index (χ2v) is 3.11. The van der Waals surface area contributed by atoms with E-state index in [1.54, 1.807) is 0 Å². The normalized spacial score (nSPS) is 17.6. The van der Waals surface area contributed by atoms with Gasteiger partial charge >= 0.3 is 0 Å². The number of rotatable bonds is 4. The Hall–Kier alpha value is -0.300. The van der Waals surface area contributed by atoms with E-state index in [0.29, 0.717) is 0 Å². The van der Waals surface area contributed by atoms with Gasteiger partial charge in [-0.15, -0.1) is 0 Å². The maximum atomic E-state index is 5.93. The third kappa shape index (κ3) is 4.57. The van der Waals surface area contributed by atoms with Gasteiger partial charge in [-0.3, -0.25) is 0 Å². The lowest BCUT2D eigenvalue weighted by atomic mass is 9.96. The fourth-order valence-corrected chi connectivity index (χ4v) is 1.02. The fourth-order valence-electron chi connectivity index (χ4n) is 1.02. The topological polar surface area (TPSA) is 26.0 Å². The molecule has 0 saturated heterocycles. The molecule has 0 aliphatic rings. The first-order valence-corrected chi connectivity index (χ1v) is 4.05. The van der Waals surface area contributed by atoms with Crippen LogP contribution in [0.3, 0.4) is 0 Å². The maximum Gasteiger partial charge on any atom is 0.0310 e. The van der Waals surface area contributed by atoms with Gasteiger partial charge in [0.15, 0.2) is 0 Å². The van der Waals surface area contributed by atoms with E-state index in [-0.39, 0.29) is 5.54 Å². The molecule has 0 unspecified atom stereocenters. The summed E-state index contributed by atoms with van der Waals surface area (Å²) in [5.41, 5.74) is 5.85. The van der Waals surface area contributed by atoms with Crippen molar-refractivity contribution in [2.45, 2.75) is 45.6 Å². The summed E-state index contributed by atoms with van der Waals surface area (Å²) in [6.45, 7) is 6.27. The lowest BCUT2D eigenvalue weighted by Gasteiger charge is -2.19. The van der Waals surface area contributed by atoms with Crippen molar-refractivity contribution >= 4 is 0 Å². The van der Waals surface area contributed by atoms with Crippen LogP contribution >= 0.6 is 0 Å². The molecule has 0 spiro atoms. The highest BCUT2D eigenvalue weighted by molar-refractivity contribution is 4.99. The van der Waals surface area contributed by atoms with Crippen molar-refractivity contribution < 1.29 is 0 Å². The van der Waals surface area contributed by atoms with E-state index in [1.807, 2.05) is 13.0 Å². The number of hydrogen-bond acceptors (Lipinski definition) is 1. The standard InChI is InChI=1S/C9H19N/c1-4-6-8-9(3,10)7-5-2/h5,7H,4,6,8,10H2,1-3H3/b7-5-/t9-/m0/s1. The van der Waals surface area contributed by atoms with E-state index in [0.717, 1.165) is 6.42 Å². The van der Waals surface area contributed by atoms with Gasteiger partial charge in [-0.25, -0.2) is 0 Å². The van der Waals surface area contributed by atoms with Crippen LogP contribution in [0.15, 0.2) is 12.2 Å². The third-order valence-corrected chi connectivity index (χ3v) is 1.62. The first kappa shape index (κ1) is 9.70. The molecule has 0 aromatic heterocycles. The van der Waals surface area contributed by atoms with Crippen molar-refractivity contribution in [3.8, 4) is 0 Å². The maximum absolute atomic E-state index is 5.93. The minimum Gasteiger partial charge on any atom is -0.322 e. The van der Waals surface area contributed by atoms with Crippen molar-refractivity contribution in [3.63, 3.8) is 0 Å². The molecule has 10 heavy (non-hydrogen) atoms. The Morgan fingerprint density at radius 2 is 2.10 bits per heavy atom. The molecular formula is C9H19N. The van der Waals surface area contributed by atoms with E-state index >= 15 is 0 Å². The Bertz CT molecular complexity index is 103. The van der Waals surface area contributed by atoms with E-state index < -0.39 is 0 Å². The van der Waals surface area contributed by atoms with Gasteiger partial charge in [0.05, 0.1) is 0 Å². The van der Waals surface area contributed by atoms with E-state index in [1.165, 1.54) is 12.8 Å². The molecule has 0 heterocycles. The second-order valence-electron chi connectivity index (χ2n) is 3.11. The van der Waals surface area contributed by atoms with Crippen LogP contribution in [0.5, 0.6) is 0 Å². The van der Waals surface area contributed by atoms with Gasteiger partial charge in [0.1, 0.15) is 0 Å². The molecule has 0 amide bonds. The molecule has 0 aromatic carbocycles. The van der Waals surface area contributed by atoms with Gasteiger partial charge in [-0.1, -0.05) is 31.9 Å². The smallest absolute Gasteiger partial charge is 0.0310 e. The Labute approximate surface area is 64.3 Å². The molecule has 0 radical (unpaired) electrons. The van der Waals surface area contributed by atoms with Crippen LogP contribution in [0.2, 0.25) is 0 Å². The molecule has 1 heteroatoms. The molecule has 0 fully saturated rings. The highest BCUT2D eigenvalue weighted by Gasteiger charge is 2.11. The highest BCUT2D eigenvalue weighted by Crippen LogP contribution is 2.11. The van der Waals surface area contributed by atoms with Crippen LogP contribution in [0, 0.1) is 0 Å². The third-order valence-electron chi connectivity index (χ3n) is 1.62. The molecule has 0 saturated carbocycles. The van der Waals surface area contributed by atoms with Crippen LogP contribution < -0.4 is 5.73 Å². The summed E-state index contributed by atoms with van der Waals surface area (Å²) in [5, 5.41) is 0. The summed E-state index contributed by atoms with van der Waals surface area (Å²) in [7, 11) is 0. The predicted octanol–water partition coefficient (Wildman–Crippen LogP) is 2.47. The van der Waals surface area contributed by atoms with Gasteiger partial charge < -0.3 is 5.73 Å². The minimum atomic E-state index is -0.0786. The lowest BCUT2D eigenvalue weighted by Crippen LogP contribution is -2.33. The van der Waals surface area contributed by atoms with E-state index in [4.69, 9.17) is 5.73 Å². The first-order chi connectivity index (χ1) is 4.62. The Balaban J connectivity index is 3.63. The van der Waals surface area contributed by atoms with Gasteiger partial charge in [-0.05, 0) is 20.3 Å². The summed E-state index contributed by atoms with van der Waals surface area (Å²) in [6.07, 6.45) is 7.63. The summed E-state index contributed by atoms with van der Waals surface area (Å²) in [5.74, 6) is 0. The number of unbranched alkanes of at least 4 members (excludes halogenated alkanes) is 1. The molecule has 0 aromatic rings. The quantitative estimate of drug-likeness (QED) is 0.598. The summed E-state index contributed by atoms with van der Waals surface area (Å²) in [4.78, 5) is 0. The Morgan fingerprint density at radius 3 is 2.50 bits per heavy atom. The largest absolute Gasteiger partial charge is 0.322 e. The van der Waals surface area contributed by atoms with Crippen molar-refractivity contribution in [1.82, 2.24) is 0 Å². The van der Waals surface area contributed by atoms with Crippen LogP contribution in [-0.4, -0.2) is 5.54 Å². The average Bonchev–Trinajstić information content (AvgIpc) is 1.84. The van der Waals surface area contributed by atoms with Crippen LogP contribution in [-0.2, 0) is 0 Å². The van der Waals surface area contributed by atoms with Gasteiger partial charge in [0, 0.05) is 5.54 Å². The Morgan fingerprint density at radius 1 is 1.50 bits per heavy atom. The van der Waals surface area contributed by atoms with E-state index in [9.17, 15) is 0 Å². The van der Waals surface area contributed by atoms with Crippen molar-refractivity contribution in [2.24, 2.45) is 5.73 Å². The van der Waals surface area contributed by atoms with Crippen LogP contribution in [0.4, 0.5) is 0 Å². The van der Waals surface area contributed by atoms with Crippen molar-refractivity contribution in [3.05, 3.63) is 12.2 Å². The minimum absolute atomic E-state index is 0.0786. The molecule has 1 atom stereocenters. The number of allylic oxidation sites excluding steroid dienone is 1. The SMILES string of the molecule is C/C=C\[C@](C)(N)CCCC. The lowest BCUT2D eigenvalue weighted by molar-refractivity contribution is 0.506. The molecular weight excluding hydrogens is 122 g/mol. The molecule has 0 bridgehead atoms. The molecule has 1 nitrogen and oxygen atoms in total. The zero-order chi connectivity index (χ0) is 8.04.